The lowest BCUT2D eigenvalue weighted by Gasteiger charge is -2.22. The van der Waals surface area contributed by atoms with Crippen LogP contribution in [0.3, 0.4) is 0 Å². The van der Waals surface area contributed by atoms with E-state index in [2.05, 4.69) is 11.4 Å². The van der Waals surface area contributed by atoms with Gasteiger partial charge in [0.15, 0.2) is 0 Å². The van der Waals surface area contributed by atoms with E-state index in [1.165, 1.54) is 6.42 Å². The van der Waals surface area contributed by atoms with Crippen LogP contribution in [0.15, 0.2) is 18.2 Å². The highest BCUT2D eigenvalue weighted by atomic mass is 16.5. The van der Waals surface area contributed by atoms with Gasteiger partial charge in [-0.2, -0.15) is 0 Å². The molecule has 0 bridgehead atoms. The van der Waals surface area contributed by atoms with E-state index in [1.54, 1.807) is 7.11 Å². The molecule has 0 saturated heterocycles. The van der Waals surface area contributed by atoms with Gasteiger partial charge in [-0.1, -0.05) is 12.1 Å². The largest absolute Gasteiger partial charge is 0.491 e. The average molecular weight is 293 g/mol. The van der Waals surface area contributed by atoms with Crippen LogP contribution in [0.2, 0.25) is 0 Å². The molecule has 0 aliphatic heterocycles. The van der Waals surface area contributed by atoms with Crippen molar-refractivity contribution in [3.63, 3.8) is 0 Å². The fraction of sp³-hybridized carbons (Fsp3) is 0.647. The van der Waals surface area contributed by atoms with Crippen molar-refractivity contribution in [2.24, 2.45) is 0 Å². The lowest BCUT2D eigenvalue weighted by atomic mass is 10.1. The third-order valence-corrected chi connectivity index (χ3v) is 4.15. The van der Waals surface area contributed by atoms with E-state index in [9.17, 15) is 5.11 Å². The Hall–Kier alpha value is -1.10. The van der Waals surface area contributed by atoms with Gasteiger partial charge in [-0.3, -0.25) is 0 Å². The van der Waals surface area contributed by atoms with Gasteiger partial charge in [0.05, 0.1) is 6.10 Å². The molecular weight excluding hydrogens is 266 g/mol. The Morgan fingerprint density at radius 1 is 1.33 bits per heavy atom. The first kappa shape index (κ1) is 16.3. The molecule has 4 heteroatoms. The standard InChI is InChI=1S/C17H27NO3/c1-12-7-8-13(2)17(9-12)21-11-14(19)10-18-15-5-4-6-16(15)20-3/h7-9,14-16,18-19H,4-6,10-11H2,1-3H3. The smallest absolute Gasteiger partial charge is 0.122 e. The SMILES string of the molecule is COC1CCCC1NCC(O)COc1cc(C)ccc1C. The van der Waals surface area contributed by atoms with Gasteiger partial charge in [0.2, 0.25) is 0 Å². The Balaban J connectivity index is 1.74. The summed E-state index contributed by atoms with van der Waals surface area (Å²) in [6.45, 7) is 4.90. The average Bonchev–Trinajstić information content (AvgIpc) is 2.93. The number of methoxy groups -OCH3 is 1. The lowest BCUT2D eigenvalue weighted by Crippen LogP contribution is -2.42. The summed E-state index contributed by atoms with van der Waals surface area (Å²) in [5.74, 6) is 0.852. The highest BCUT2D eigenvalue weighted by Crippen LogP contribution is 2.21. The fourth-order valence-corrected chi connectivity index (χ4v) is 2.84. The van der Waals surface area contributed by atoms with Crippen molar-refractivity contribution in [1.82, 2.24) is 5.32 Å². The molecule has 3 unspecified atom stereocenters. The second-order valence-electron chi connectivity index (χ2n) is 5.95. The van der Waals surface area contributed by atoms with Crippen LogP contribution < -0.4 is 10.1 Å². The van der Waals surface area contributed by atoms with Gasteiger partial charge in [-0.05, 0) is 50.3 Å². The van der Waals surface area contributed by atoms with Crippen molar-refractivity contribution in [3.05, 3.63) is 29.3 Å². The molecule has 0 spiro atoms. The van der Waals surface area contributed by atoms with Gasteiger partial charge in [0, 0.05) is 19.7 Å². The molecule has 2 rings (SSSR count). The number of hydrogen-bond acceptors (Lipinski definition) is 4. The van der Waals surface area contributed by atoms with Gasteiger partial charge in [0.1, 0.15) is 18.5 Å². The Morgan fingerprint density at radius 2 is 2.14 bits per heavy atom. The van der Waals surface area contributed by atoms with Crippen molar-refractivity contribution in [2.45, 2.75) is 51.4 Å². The third-order valence-electron chi connectivity index (χ3n) is 4.15. The quantitative estimate of drug-likeness (QED) is 0.809. The van der Waals surface area contributed by atoms with Crippen LogP contribution in [0.5, 0.6) is 5.75 Å². The van der Waals surface area contributed by atoms with Crippen molar-refractivity contribution in [2.75, 3.05) is 20.3 Å². The van der Waals surface area contributed by atoms with E-state index in [0.717, 1.165) is 29.7 Å². The molecular formula is C17H27NO3. The summed E-state index contributed by atoms with van der Waals surface area (Å²) >= 11 is 0. The Kier molecular flexibility index (Phi) is 6.03. The van der Waals surface area contributed by atoms with Crippen molar-refractivity contribution < 1.29 is 14.6 Å². The van der Waals surface area contributed by atoms with Gasteiger partial charge in [-0.15, -0.1) is 0 Å². The number of ether oxygens (including phenoxy) is 2. The molecule has 2 N–H and O–H groups in total. The zero-order valence-electron chi connectivity index (χ0n) is 13.3. The zero-order chi connectivity index (χ0) is 15.2. The molecule has 0 heterocycles. The van der Waals surface area contributed by atoms with Crippen LogP contribution in [0.1, 0.15) is 30.4 Å². The molecule has 1 aromatic rings. The fourth-order valence-electron chi connectivity index (χ4n) is 2.84. The number of aliphatic hydroxyl groups is 1. The maximum atomic E-state index is 10.1. The van der Waals surface area contributed by atoms with E-state index in [-0.39, 0.29) is 6.10 Å². The minimum atomic E-state index is -0.511. The van der Waals surface area contributed by atoms with Crippen LogP contribution in [0.4, 0.5) is 0 Å². The summed E-state index contributed by atoms with van der Waals surface area (Å²) in [6, 6.07) is 6.46. The molecule has 118 valence electrons. The summed E-state index contributed by atoms with van der Waals surface area (Å²) in [6.07, 6.45) is 3.16. The van der Waals surface area contributed by atoms with Gasteiger partial charge in [-0.25, -0.2) is 0 Å². The van der Waals surface area contributed by atoms with Crippen LogP contribution >= 0.6 is 0 Å². The predicted octanol–water partition coefficient (Wildman–Crippen LogP) is 2.20. The van der Waals surface area contributed by atoms with Crippen molar-refractivity contribution >= 4 is 0 Å². The summed E-state index contributed by atoms with van der Waals surface area (Å²) in [5, 5.41) is 13.5. The molecule has 1 fully saturated rings. The highest BCUT2D eigenvalue weighted by molar-refractivity contribution is 5.35. The number of benzene rings is 1. The van der Waals surface area contributed by atoms with Crippen molar-refractivity contribution in [3.8, 4) is 5.75 Å². The molecule has 3 atom stereocenters. The molecule has 1 aliphatic carbocycles. The van der Waals surface area contributed by atoms with Gasteiger partial charge >= 0.3 is 0 Å². The number of aryl methyl sites for hydroxylation is 2. The van der Waals surface area contributed by atoms with Crippen LogP contribution in [-0.2, 0) is 4.74 Å². The molecule has 1 aromatic carbocycles. The second-order valence-corrected chi connectivity index (χ2v) is 5.95. The van der Waals surface area contributed by atoms with E-state index < -0.39 is 6.10 Å². The number of aliphatic hydroxyl groups excluding tert-OH is 1. The van der Waals surface area contributed by atoms with E-state index in [0.29, 0.717) is 19.2 Å². The molecule has 4 nitrogen and oxygen atoms in total. The monoisotopic (exact) mass is 293 g/mol. The molecule has 1 aliphatic rings. The second kappa shape index (κ2) is 7.78. The molecule has 0 amide bonds. The maximum Gasteiger partial charge on any atom is 0.122 e. The summed E-state index contributed by atoms with van der Waals surface area (Å²) in [5.41, 5.74) is 2.26. The Morgan fingerprint density at radius 3 is 2.90 bits per heavy atom. The zero-order valence-corrected chi connectivity index (χ0v) is 13.3. The summed E-state index contributed by atoms with van der Waals surface area (Å²) in [4.78, 5) is 0. The van der Waals surface area contributed by atoms with E-state index in [4.69, 9.17) is 9.47 Å². The lowest BCUT2D eigenvalue weighted by molar-refractivity contribution is 0.0686. The summed E-state index contributed by atoms with van der Waals surface area (Å²) < 4.78 is 11.2. The van der Waals surface area contributed by atoms with Crippen molar-refractivity contribution in [1.29, 1.82) is 0 Å². The first-order valence-corrected chi connectivity index (χ1v) is 7.74. The normalized spacial score (nSPS) is 23.2. The molecule has 0 aromatic heterocycles. The number of rotatable bonds is 7. The first-order valence-electron chi connectivity index (χ1n) is 7.74. The van der Waals surface area contributed by atoms with Gasteiger partial charge < -0.3 is 19.9 Å². The van der Waals surface area contributed by atoms with E-state index >= 15 is 0 Å². The first-order chi connectivity index (χ1) is 10.1. The summed E-state index contributed by atoms with van der Waals surface area (Å²) in [7, 11) is 1.75. The highest BCUT2D eigenvalue weighted by Gasteiger charge is 2.26. The number of hydrogen-bond donors (Lipinski definition) is 2. The molecule has 1 saturated carbocycles. The minimum absolute atomic E-state index is 0.275. The molecule has 0 radical (unpaired) electrons. The minimum Gasteiger partial charge on any atom is -0.491 e. The van der Waals surface area contributed by atoms with Crippen LogP contribution in [0.25, 0.3) is 0 Å². The van der Waals surface area contributed by atoms with Crippen LogP contribution in [0, 0.1) is 13.8 Å². The Labute approximate surface area is 127 Å². The topological polar surface area (TPSA) is 50.7 Å². The van der Waals surface area contributed by atoms with E-state index in [1.807, 2.05) is 26.0 Å². The predicted molar refractivity (Wildman–Crippen MR) is 83.9 cm³/mol. The maximum absolute atomic E-state index is 10.1. The van der Waals surface area contributed by atoms with Gasteiger partial charge in [0.25, 0.3) is 0 Å². The third kappa shape index (κ3) is 4.70. The van der Waals surface area contributed by atoms with Crippen LogP contribution in [-0.4, -0.2) is 43.6 Å². The number of nitrogens with one attached hydrogen (secondary N) is 1. The Bertz CT molecular complexity index is 450. The molecule has 21 heavy (non-hydrogen) atoms.